The molecule has 1 aliphatic carbocycles. The van der Waals surface area contributed by atoms with E-state index in [1.807, 2.05) is 6.07 Å². The van der Waals surface area contributed by atoms with Crippen molar-refractivity contribution in [2.75, 3.05) is 0 Å². The Hall–Kier alpha value is -2.92. The lowest BCUT2D eigenvalue weighted by atomic mass is 9.74. The monoisotopic (exact) mass is 470 g/mol. The molecular formula is C23H20Cl2N4O3. The summed E-state index contributed by atoms with van der Waals surface area (Å²) in [6.45, 7) is 3.32. The molecule has 32 heavy (non-hydrogen) atoms. The lowest BCUT2D eigenvalue weighted by molar-refractivity contribution is 0.0686. The minimum atomic E-state index is -1.53. The zero-order valence-electron chi connectivity index (χ0n) is 17.4. The topological polar surface area (TPSA) is 112 Å². The number of amides is 1. The molecule has 1 aromatic carbocycles. The number of rotatable bonds is 5. The summed E-state index contributed by atoms with van der Waals surface area (Å²) in [7, 11) is 0. The Kier molecular flexibility index (Phi) is 5.95. The van der Waals surface area contributed by atoms with Crippen LogP contribution in [0.1, 0.15) is 64.2 Å². The third-order valence-corrected chi connectivity index (χ3v) is 6.48. The van der Waals surface area contributed by atoms with Gasteiger partial charge in [0.15, 0.2) is 11.5 Å². The molecule has 0 saturated heterocycles. The average Bonchev–Trinajstić information content (AvgIpc) is 3.23. The Morgan fingerprint density at radius 2 is 2.06 bits per heavy atom. The van der Waals surface area contributed by atoms with E-state index in [-0.39, 0.29) is 23.4 Å². The number of aromatic nitrogens is 2. The van der Waals surface area contributed by atoms with Crippen LogP contribution in [0.15, 0.2) is 41.1 Å². The molecule has 1 saturated carbocycles. The summed E-state index contributed by atoms with van der Waals surface area (Å²) in [5.74, 6) is -0.116. The summed E-state index contributed by atoms with van der Waals surface area (Å²) >= 11 is 12.0. The first-order valence-electron chi connectivity index (χ1n) is 10.0. The average molecular weight is 471 g/mol. The first kappa shape index (κ1) is 22.3. The largest absolute Gasteiger partial charge is 0.377 e. The zero-order chi connectivity index (χ0) is 23.0. The van der Waals surface area contributed by atoms with Crippen LogP contribution in [0.2, 0.25) is 10.2 Å². The number of nitrogens with zero attached hydrogens (tertiary/aromatic N) is 3. The maximum Gasteiger partial charge on any atom is 0.273 e. The van der Waals surface area contributed by atoms with Crippen LogP contribution >= 0.6 is 23.2 Å². The van der Waals surface area contributed by atoms with Crippen molar-refractivity contribution in [2.24, 2.45) is 0 Å². The molecule has 7 nitrogen and oxygen atoms in total. The van der Waals surface area contributed by atoms with Crippen LogP contribution in [0.5, 0.6) is 0 Å². The summed E-state index contributed by atoms with van der Waals surface area (Å²) < 4.78 is 5.27. The molecule has 2 aromatic heterocycles. The van der Waals surface area contributed by atoms with Crippen molar-refractivity contribution in [2.45, 2.75) is 44.2 Å². The number of nitriles is 1. The Morgan fingerprint density at radius 1 is 1.31 bits per heavy atom. The van der Waals surface area contributed by atoms with Crippen molar-refractivity contribution < 1.29 is 14.4 Å². The van der Waals surface area contributed by atoms with E-state index in [2.05, 4.69) is 21.5 Å². The van der Waals surface area contributed by atoms with E-state index < -0.39 is 11.5 Å². The molecule has 0 radical (unpaired) electrons. The maximum absolute atomic E-state index is 12.6. The van der Waals surface area contributed by atoms with Crippen LogP contribution < -0.4 is 5.32 Å². The lowest BCUT2D eigenvalue weighted by Gasteiger charge is -2.36. The fraction of sp³-hybridized carbons (Fsp3) is 0.304. The zero-order valence-corrected chi connectivity index (χ0v) is 18.9. The number of aliphatic hydroxyl groups is 1. The van der Waals surface area contributed by atoms with E-state index in [4.69, 9.17) is 27.7 Å². The molecule has 2 N–H and O–H groups in total. The van der Waals surface area contributed by atoms with Gasteiger partial charge in [0.05, 0.1) is 11.6 Å². The molecule has 1 atom stereocenters. The van der Waals surface area contributed by atoms with E-state index in [0.717, 1.165) is 5.56 Å². The third kappa shape index (κ3) is 4.22. The van der Waals surface area contributed by atoms with E-state index in [0.29, 0.717) is 39.7 Å². The Bertz CT molecular complexity index is 1230. The third-order valence-electron chi connectivity index (χ3n) is 5.85. The van der Waals surface area contributed by atoms with Gasteiger partial charge in [-0.3, -0.25) is 4.79 Å². The van der Waals surface area contributed by atoms with Crippen molar-refractivity contribution in [1.29, 1.82) is 5.26 Å². The molecule has 0 spiro atoms. The Labute approximate surface area is 195 Å². The Morgan fingerprint density at radius 3 is 2.75 bits per heavy atom. The molecule has 1 amide bonds. The number of benzene rings is 1. The molecule has 0 unspecified atom stereocenters. The quantitative estimate of drug-likeness (QED) is 0.531. The lowest BCUT2D eigenvalue weighted by Crippen LogP contribution is -2.43. The highest BCUT2D eigenvalue weighted by Crippen LogP contribution is 2.39. The highest BCUT2D eigenvalue weighted by atomic mass is 35.5. The molecule has 0 bridgehead atoms. The smallest absolute Gasteiger partial charge is 0.273 e. The van der Waals surface area contributed by atoms with Gasteiger partial charge in [-0.15, -0.1) is 0 Å². The highest BCUT2D eigenvalue weighted by molar-refractivity contribution is 6.30. The number of nitrogens with one attached hydrogen (secondary N) is 1. The van der Waals surface area contributed by atoms with Gasteiger partial charge in [0.2, 0.25) is 0 Å². The van der Waals surface area contributed by atoms with Crippen LogP contribution in [-0.4, -0.2) is 27.2 Å². The second-order valence-corrected chi connectivity index (χ2v) is 8.96. The van der Waals surface area contributed by atoms with Crippen LogP contribution in [0, 0.1) is 18.3 Å². The summed E-state index contributed by atoms with van der Waals surface area (Å²) in [6.07, 6.45) is 2.84. The molecule has 9 heteroatoms. The van der Waals surface area contributed by atoms with Gasteiger partial charge in [-0.1, -0.05) is 28.4 Å². The minimum Gasteiger partial charge on any atom is -0.377 e. The molecule has 3 aromatic rings. The van der Waals surface area contributed by atoms with Gasteiger partial charge in [-0.2, -0.15) is 5.26 Å². The fourth-order valence-electron chi connectivity index (χ4n) is 3.80. The van der Waals surface area contributed by atoms with E-state index in [9.17, 15) is 15.2 Å². The number of aryl methyl sites for hydroxylation is 1. The summed E-state index contributed by atoms with van der Waals surface area (Å²) in [4.78, 5) is 16.7. The summed E-state index contributed by atoms with van der Waals surface area (Å²) in [5, 5.41) is 27.9. The molecule has 2 heterocycles. The number of hydrogen-bond acceptors (Lipinski definition) is 6. The molecule has 0 aliphatic heterocycles. The minimum absolute atomic E-state index is 0.0539. The van der Waals surface area contributed by atoms with Crippen LogP contribution in [-0.2, 0) is 5.60 Å². The molecule has 4 rings (SSSR count). The molecule has 1 aliphatic rings. The van der Waals surface area contributed by atoms with Crippen molar-refractivity contribution in [1.82, 2.24) is 15.5 Å². The van der Waals surface area contributed by atoms with Gasteiger partial charge in [0, 0.05) is 28.9 Å². The normalized spacial score (nSPS) is 19.5. The summed E-state index contributed by atoms with van der Waals surface area (Å²) in [5.41, 5.74) is 1.22. The van der Waals surface area contributed by atoms with Gasteiger partial charge in [0.25, 0.3) is 5.91 Å². The SMILES string of the molecule is Cc1cc([C@](C)(O)c2cc(C(=O)N[C@H]3C[C@@H](c4cc(Cl)ccc4C#N)C3)no2)cnc1Cl. The van der Waals surface area contributed by atoms with E-state index in [1.54, 1.807) is 25.1 Å². The van der Waals surface area contributed by atoms with Crippen molar-refractivity contribution in [3.05, 3.63) is 80.4 Å². The van der Waals surface area contributed by atoms with Crippen LogP contribution in [0.4, 0.5) is 0 Å². The van der Waals surface area contributed by atoms with Crippen LogP contribution in [0.25, 0.3) is 0 Å². The molecular weight excluding hydrogens is 451 g/mol. The van der Waals surface area contributed by atoms with Gasteiger partial charge in [-0.05, 0) is 68.0 Å². The van der Waals surface area contributed by atoms with Gasteiger partial charge in [-0.25, -0.2) is 4.98 Å². The number of pyridine rings is 1. The fourth-order valence-corrected chi connectivity index (χ4v) is 4.08. The van der Waals surface area contributed by atoms with Gasteiger partial charge >= 0.3 is 0 Å². The second kappa shape index (κ2) is 8.55. The number of hydrogen-bond donors (Lipinski definition) is 2. The first-order valence-corrected chi connectivity index (χ1v) is 10.8. The molecule has 164 valence electrons. The van der Waals surface area contributed by atoms with Crippen molar-refractivity contribution in [3.8, 4) is 6.07 Å². The van der Waals surface area contributed by atoms with Gasteiger partial charge in [0.1, 0.15) is 10.8 Å². The maximum atomic E-state index is 12.6. The number of carbonyl (C=O) groups excluding carboxylic acids is 1. The van der Waals surface area contributed by atoms with Gasteiger partial charge < -0.3 is 14.9 Å². The van der Waals surface area contributed by atoms with Crippen molar-refractivity contribution in [3.63, 3.8) is 0 Å². The first-order chi connectivity index (χ1) is 15.2. The predicted molar refractivity (Wildman–Crippen MR) is 119 cm³/mol. The predicted octanol–water partition coefficient (Wildman–Crippen LogP) is 4.49. The second-order valence-electron chi connectivity index (χ2n) is 8.16. The highest BCUT2D eigenvalue weighted by Gasteiger charge is 2.35. The van der Waals surface area contributed by atoms with E-state index >= 15 is 0 Å². The standard InChI is InChI=1S/C23H20Cl2N4O3/c1-12-5-15(11-27-21(12)25)23(2,31)20-9-19(29-32-20)22(30)28-17-6-14(7-17)18-8-16(24)4-3-13(18)10-26/h3-5,8-9,11,14,17,31H,6-7H2,1-2H3,(H,28,30)/t14-,17+,23-/m0/s1. The Balaban J connectivity index is 1.41. The summed E-state index contributed by atoms with van der Waals surface area (Å²) in [6, 6.07) is 10.5. The number of halogens is 2. The van der Waals surface area contributed by atoms with E-state index in [1.165, 1.54) is 19.2 Å². The van der Waals surface area contributed by atoms with Crippen molar-refractivity contribution >= 4 is 29.1 Å². The number of carbonyl (C=O) groups is 1. The van der Waals surface area contributed by atoms with Crippen LogP contribution in [0.3, 0.4) is 0 Å². The molecule has 1 fully saturated rings.